The van der Waals surface area contributed by atoms with E-state index in [-0.39, 0.29) is 37.3 Å². The van der Waals surface area contributed by atoms with Crippen LogP contribution in [-0.4, -0.2) is 38.7 Å². The minimum atomic E-state index is -0.389. The summed E-state index contributed by atoms with van der Waals surface area (Å²) < 4.78 is 20.1. The van der Waals surface area contributed by atoms with E-state index in [0.717, 1.165) is 31.7 Å². The molecule has 1 saturated heterocycles. The third-order valence-corrected chi connectivity index (χ3v) is 5.06. The number of hydrogen-bond donors (Lipinski definition) is 1. The summed E-state index contributed by atoms with van der Waals surface area (Å²) in [4.78, 5) is 16.1. The third kappa shape index (κ3) is 3.98. The normalized spacial score (nSPS) is 16.4. The predicted octanol–water partition coefficient (Wildman–Crippen LogP) is 3.24. The summed E-state index contributed by atoms with van der Waals surface area (Å²) in [6.07, 6.45) is 0. The van der Waals surface area contributed by atoms with E-state index < -0.39 is 0 Å². The van der Waals surface area contributed by atoms with Crippen LogP contribution in [0.3, 0.4) is 0 Å². The second-order valence-corrected chi connectivity index (χ2v) is 6.78. The number of halogens is 3. The van der Waals surface area contributed by atoms with Gasteiger partial charge in [-0.3, -0.25) is 4.79 Å². The standard InChI is InChI=1S/C19H19ClFN3O2.ClH/c20-15-4-2-1-3-13(15)11-24-17-10-14(21)9-16(19(17)26-12-18(24)25)23-7-5-22-6-8-23;/h1-4,9-10,22H,5-8,11-12H2;1H. The van der Waals surface area contributed by atoms with Crippen molar-refractivity contribution in [1.29, 1.82) is 0 Å². The highest BCUT2D eigenvalue weighted by Crippen LogP contribution is 2.42. The minimum absolute atomic E-state index is 0. The number of nitrogens with zero attached hydrogens (tertiary/aromatic N) is 2. The van der Waals surface area contributed by atoms with Crippen LogP contribution in [0.4, 0.5) is 15.8 Å². The molecule has 1 fully saturated rings. The van der Waals surface area contributed by atoms with Crippen molar-refractivity contribution < 1.29 is 13.9 Å². The fourth-order valence-corrected chi connectivity index (χ4v) is 3.57. The summed E-state index contributed by atoms with van der Waals surface area (Å²) >= 11 is 6.24. The molecule has 0 saturated carbocycles. The van der Waals surface area contributed by atoms with Gasteiger partial charge in [0.15, 0.2) is 12.4 Å². The van der Waals surface area contributed by atoms with Gasteiger partial charge in [0.2, 0.25) is 0 Å². The van der Waals surface area contributed by atoms with Gasteiger partial charge < -0.3 is 19.9 Å². The van der Waals surface area contributed by atoms with Crippen LogP contribution < -0.4 is 19.9 Å². The third-order valence-electron chi connectivity index (χ3n) is 4.69. The molecule has 0 radical (unpaired) electrons. The monoisotopic (exact) mass is 411 g/mol. The van der Waals surface area contributed by atoms with Gasteiger partial charge in [0.05, 0.1) is 17.9 Å². The number of nitrogens with one attached hydrogen (secondary N) is 1. The molecule has 0 aliphatic carbocycles. The second-order valence-electron chi connectivity index (χ2n) is 6.37. The van der Waals surface area contributed by atoms with Crippen molar-refractivity contribution in [3.05, 3.63) is 52.8 Å². The number of anilines is 2. The van der Waals surface area contributed by atoms with Gasteiger partial charge in [-0.15, -0.1) is 12.4 Å². The number of amides is 1. The van der Waals surface area contributed by atoms with Crippen LogP contribution in [0.15, 0.2) is 36.4 Å². The van der Waals surface area contributed by atoms with E-state index in [0.29, 0.717) is 22.1 Å². The maximum Gasteiger partial charge on any atom is 0.265 e. The van der Waals surface area contributed by atoms with Crippen LogP contribution in [0.5, 0.6) is 5.75 Å². The largest absolute Gasteiger partial charge is 0.479 e. The number of piperazine rings is 1. The average Bonchev–Trinajstić information content (AvgIpc) is 2.66. The zero-order chi connectivity index (χ0) is 18.1. The first-order valence-electron chi connectivity index (χ1n) is 8.59. The summed E-state index contributed by atoms with van der Waals surface area (Å²) in [5.41, 5.74) is 1.95. The molecule has 0 aromatic heterocycles. The van der Waals surface area contributed by atoms with Crippen LogP contribution in [0.25, 0.3) is 0 Å². The Labute approximate surface area is 168 Å². The van der Waals surface area contributed by atoms with E-state index in [2.05, 4.69) is 10.2 Å². The number of carbonyl (C=O) groups is 1. The van der Waals surface area contributed by atoms with Gasteiger partial charge in [-0.1, -0.05) is 29.8 Å². The van der Waals surface area contributed by atoms with Gasteiger partial charge >= 0.3 is 0 Å². The van der Waals surface area contributed by atoms with E-state index in [1.165, 1.54) is 12.1 Å². The SMILES string of the molecule is Cl.O=C1COc2c(N3CCNCC3)cc(F)cc2N1Cc1ccccc1Cl. The van der Waals surface area contributed by atoms with Crippen molar-refractivity contribution >= 4 is 41.3 Å². The van der Waals surface area contributed by atoms with E-state index in [4.69, 9.17) is 16.3 Å². The molecule has 1 N–H and O–H groups in total. The fourth-order valence-electron chi connectivity index (χ4n) is 3.37. The molecule has 4 rings (SSSR count). The summed E-state index contributed by atoms with van der Waals surface area (Å²) in [6.45, 7) is 3.39. The molecule has 2 aromatic rings. The summed E-state index contributed by atoms with van der Waals surface area (Å²) in [7, 11) is 0. The zero-order valence-corrected chi connectivity index (χ0v) is 16.2. The lowest BCUT2D eigenvalue weighted by atomic mass is 10.1. The molecule has 8 heteroatoms. The van der Waals surface area contributed by atoms with Crippen LogP contribution in [0.2, 0.25) is 5.02 Å². The highest BCUT2D eigenvalue weighted by Gasteiger charge is 2.31. The smallest absolute Gasteiger partial charge is 0.265 e. The van der Waals surface area contributed by atoms with Crippen molar-refractivity contribution in [2.75, 3.05) is 42.6 Å². The molecule has 0 spiro atoms. The molecule has 27 heavy (non-hydrogen) atoms. The molecular weight excluding hydrogens is 392 g/mol. The molecular formula is C19H20Cl2FN3O2. The van der Waals surface area contributed by atoms with Crippen molar-refractivity contribution in [1.82, 2.24) is 5.32 Å². The Balaban J connectivity index is 0.00000210. The maximum atomic E-state index is 14.4. The first-order chi connectivity index (χ1) is 12.6. The molecule has 144 valence electrons. The Morgan fingerprint density at radius 1 is 1.15 bits per heavy atom. The molecule has 2 aliphatic heterocycles. The number of carbonyl (C=O) groups excluding carboxylic acids is 1. The maximum absolute atomic E-state index is 14.4. The second kappa shape index (κ2) is 8.33. The van der Waals surface area contributed by atoms with Crippen molar-refractivity contribution in [2.45, 2.75) is 6.54 Å². The Kier molecular flexibility index (Phi) is 6.09. The van der Waals surface area contributed by atoms with Crippen molar-refractivity contribution in [2.24, 2.45) is 0 Å². The Bertz CT molecular complexity index is 844. The average molecular weight is 412 g/mol. The quantitative estimate of drug-likeness (QED) is 0.841. The van der Waals surface area contributed by atoms with E-state index >= 15 is 0 Å². The lowest BCUT2D eigenvalue weighted by Gasteiger charge is -2.35. The lowest BCUT2D eigenvalue weighted by molar-refractivity contribution is -0.121. The van der Waals surface area contributed by atoms with Gasteiger partial charge in [0.1, 0.15) is 5.82 Å². The number of benzene rings is 2. The van der Waals surface area contributed by atoms with Gasteiger partial charge in [-0.2, -0.15) is 0 Å². The Morgan fingerprint density at radius 3 is 2.59 bits per heavy atom. The highest BCUT2D eigenvalue weighted by molar-refractivity contribution is 6.31. The van der Waals surface area contributed by atoms with Gasteiger partial charge in [-0.05, 0) is 11.6 Å². The summed E-state index contributed by atoms with van der Waals surface area (Å²) in [5.74, 6) is -0.0472. The van der Waals surface area contributed by atoms with Crippen molar-refractivity contribution in [3.8, 4) is 5.75 Å². The van der Waals surface area contributed by atoms with E-state index in [9.17, 15) is 9.18 Å². The van der Waals surface area contributed by atoms with Crippen LogP contribution in [-0.2, 0) is 11.3 Å². The zero-order valence-electron chi connectivity index (χ0n) is 14.6. The topological polar surface area (TPSA) is 44.8 Å². The van der Waals surface area contributed by atoms with Gasteiger partial charge in [0, 0.05) is 43.3 Å². The van der Waals surface area contributed by atoms with Crippen molar-refractivity contribution in [3.63, 3.8) is 0 Å². The fraction of sp³-hybridized carbons (Fsp3) is 0.316. The molecule has 0 bridgehead atoms. The van der Waals surface area contributed by atoms with Gasteiger partial charge in [-0.25, -0.2) is 4.39 Å². The molecule has 2 heterocycles. The molecule has 2 aliphatic rings. The number of hydrogen-bond acceptors (Lipinski definition) is 4. The number of rotatable bonds is 3. The van der Waals surface area contributed by atoms with Crippen LogP contribution >= 0.6 is 24.0 Å². The number of fused-ring (bicyclic) bond motifs is 1. The minimum Gasteiger partial charge on any atom is -0.479 e. The first-order valence-corrected chi connectivity index (χ1v) is 8.97. The van der Waals surface area contributed by atoms with Crippen LogP contribution in [0, 0.1) is 5.82 Å². The predicted molar refractivity (Wildman–Crippen MR) is 107 cm³/mol. The van der Waals surface area contributed by atoms with Crippen LogP contribution in [0.1, 0.15) is 5.56 Å². The molecule has 0 unspecified atom stereocenters. The molecule has 5 nitrogen and oxygen atoms in total. The summed E-state index contributed by atoms with van der Waals surface area (Å²) in [5, 5.41) is 3.85. The first kappa shape index (κ1) is 19.7. The molecule has 0 atom stereocenters. The molecule has 2 aromatic carbocycles. The highest BCUT2D eigenvalue weighted by atomic mass is 35.5. The lowest BCUT2D eigenvalue weighted by Crippen LogP contribution is -2.44. The number of ether oxygens (including phenoxy) is 1. The van der Waals surface area contributed by atoms with Gasteiger partial charge in [0.25, 0.3) is 5.91 Å². The Morgan fingerprint density at radius 2 is 1.85 bits per heavy atom. The van der Waals surface area contributed by atoms with E-state index in [1.54, 1.807) is 11.0 Å². The Hall–Kier alpha value is -2.02. The van der Waals surface area contributed by atoms with E-state index in [1.807, 2.05) is 18.2 Å². The summed E-state index contributed by atoms with van der Waals surface area (Å²) in [6, 6.07) is 10.2. The molecule has 1 amide bonds.